The smallest absolute Gasteiger partial charge is 0.144 e. The summed E-state index contributed by atoms with van der Waals surface area (Å²) in [5, 5.41) is 3.45. The molecule has 0 saturated carbocycles. The van der Waals surface area contributed by atoms with Gasteiger partial charge in [0.2, 0.25) is 0 Å². The highest BCUT2D eigenvalue weighted by Gasteiger charge is 2.17. The van der Waals surface area contributed by atoms with Crippen molar-refractivity contribution < 1.29 is 4.74 Å². The first kappa shape index (κ1) is 16.7. The summed E-state index contributed by atoms with van der Waals surface area (Å²) in [6.45, 7) is 0.709. The molecule has 1 aromatic heterocycles. The van der Waals surface area contributed by atoms with Gasteiger partial charge in [-0.05, 0) is 35.9 Å². The number of benzene rings is 3. The molecule has 0 saturated heterocycles. The van der Waals surface area contributed by atoms with Gasteiger partial charge < -0.3 is 4.74 Å². The minimum absolute atomic E-state index is 0.709. The van der Waals surface area contributed by atoms with Gasteiger partial charge in [-0.2, -0.15) is 0 Å². The van der Waals surface area contributed by atoms with Crippen molar-refractivity contribution in [2.45, 2.75) is 6.54 Å². The van der Waals surface area contributed by atoms with Gasteiger partial charge in [0.1, 0.15) is 11.4 Å². The zero-order chi connectivity index (χ0) is 17.9. The minimum Gasteiger partial charge on any atom is -0.495 e. The maximum absolute atomic E-state index is 5.64. The Kier molecular flexibility index (Phi) is 4.67. The normalized spacial score (nSPS) is 10.8. The number of halogens is 1. The minimum atomic E-state index is 0.709. The standard InChI is InChI=1S/C22H19BrN2O/c1-26-22-13-7-6-12-21(22)25(16-18-9-2-4-10-19(18)23)24-15-14-17-8-3-5-11-20(17)24/h2-15H,16H2,1H3. The Morgan fingerprint density at radius 2 is 1.62 bits per heavy atom. The lowest BCUT2D eigenvalue weighted by Gasteiger charge is -2.29. The van der Waals surface area contributed by atoms with Crippen LogP contribution in [0.3, 0.4) is 0 Å². The summed E-state index contributed by atoms with van der Waals surface area (Å²) in [5.74, 6) is 0.845. The molecule has 0 aliphatic heterocycles. The van der Waals surface area contributed by atoms with Crippen LogP contribution in [0.5, 0.6) is 5.75 Å². The first-order valence-electron chi connectivity index (χ1n) is 8.48. The van der Waals surface area contributed by atoms with Gasteiger partial charge in [0.05, 0.1) is 19.2 Å². The van der Waals surface area contributed by atoms with E-state index < -0.39 is 0 Å². The molecule has 4 rings (SSSR count). The van der Waals surface area contributed by atoms with Crippen LogP contribution in [0.2, 0.25) is 0 Å². The number of aromatic nitrogens is 1. The predicted molar refractivity (Wildman–Crippen MR) is 111 cm³/mol. The molecule has 0 bridgehead atoms. The third kappa shape index (κ3) is 3.08. The van der Waals surface area contributed by atoms with Crippen molar-refractivity contribution in [2.24, 2.45) is 0 Å². The first-order chi connectivity index (χ1) is 12.8. The van der Waals surface area contributed by atoms with E-state index in [-0.39, 0.29) is 0 Å². The summed E-state index contributed by atoms with van der Waals surface area (Å²) in [7, 11) is 1.71. The van der Waals surface area contributed by atoms with Gasteiger partial charge in [-0.3, -0.25) is 9.69 Å². The number of methoxy groups -OCH3 is 1. The Morgan fingerprint density at radius 3 is 2.46 bits per heavy atom. The van der Waals surface area contributed by atoms with Crippen LogP contribution in [0, 0.1) is 0 Å². The highest BCUT2D eigenvalue weighted by molar-refractivity contribution is 9.10. The number of anilines is 1. The molecule has 3 aromatic carbocycles. The topological polar surface area (TPSA) is 17.4 Å². The number of hydrogen-bond donors (Lipinski definition) is 0. The molecule has 0 atom stereocenters. The number of rotatable bonds is 5. The number of para-hydroxylation sites is 3. The van der Waals surface area contributed by atoms with Crippen LogP contribution in [-0.2, 0) is 6.54 Å². The molecule has 0 radical (unpaired) electrons. The summed E-state index contributed by atoms with van der Waals surface area (Å²) < 4.78 is 8.92. The maximum Gasteiger partial charge on any atom is 0.144 e. The van der Waals surface area contributed by atoms with Crippen molar-refractivity contribution in [1.29, 1.82) is 0 Å². The fourth-order valence-corrected chi connectivity index (χ4v) is 3.60. The second-order valence-corrected chi connectivity index (χ2v) is 6.89. The Balaban J connectivity index is 1.88. The van der Waals surface area contributed by atoms with E-state index in [0.717, 1.165) is 21.4 Å². The van der Waals surface area contributed by atoms with Crippen molar-refractivity contribution >= 4 is 32.5 Å². The highest BCUT2D eigenvalue weighted by atomic mass is 79.9. The van der Waals surface area contributed by atoms with E-state index in [1.54, 1.807) is 7.11 Å². The number of hydrogen-bond acceptors (Lipinski definition) is 2. The van der Waals surface area contributed by atoms with Crippen LogP contribution < -0.4 is 9.75 Å². The van der Waals surface area contributed by atoms with Crippen LogP contribution in [0.4, 0.5) is 5.69 Å². The van der Waals surface area contributed by atoms with Gasteiger partial charge in [-0.25, -0.2) is 0 Å². The van der Waals surface area contributed by atoms with E-state index in [4.69, 9.17) is 4.74 Å². The Morgan fingerprint density at radius 1 is 0.885 bits per heavy atom. The lowest BCUT2D eigenvalue weighted by Crippen LogP contribution is -2.28. The summed E-state index contributed by atoms with van der Waals surface area (Å²) in [6, 6.07) is 27.0. The average molecular weight is 407 g/mol. The second kappa shape index (κ2) is 7.26. The molecule has 0 aliphatic carbocycles. The van der Waals surface area contributed by atoms with Crippen molar-refractivity contribution in [2.75, 3.05) is 12.1 Å². The fourth-order valence-electron chi connectivity index (χ4n) is 3.19. The summed E-state index contributed by atoms with van der Waals surface area (Å²) in [4.78, 5) is 0. The molecule has 0 N–H and O–H groups in total. The predicted octanol–water partition coefficient (Wildman–Crippen LogP) is 5.88. The molecule has 0 fully saturated rings. The summed E-state index contributed by atoms with van der Waals surface area (Å²) in [6.07, 6.45) is 2.11. The molecule has 1 heterocycles. The Labute approximate surface area is 161 Å². The fraction of sp³-hybridized carbons (Fsp3) is 0.0909. The molecule has 0 unspecified atom stereocenters. The van der Waals surface area contributed by atoms with E-state index in [0.29, 0.717) is 6.54 Å². The highest BCUT2D eigenvalue weighted by Crippen LogP contribution is 2.32. The zero-order valence-electron chi connectivity index (χ0n) is 14.5. The second-order valence-electron chi connectivity index (χ2n) is 6.04. The number of nitrogens with zero attached hydrogens (tertiary/aromatic N) is 2. The van der Waals surface area contributed by atoms with Crippen molar-refractivity contribution in [3.8, 4) is 5.75 Å². The molecule has 0 amide bonds. The zero-order valence-corrected chi connectivity index (χ0v) is 16.1. The summed E-state index contributed by atoms with van der Waals surface area (Å²) >= 11 is 3.68. The number of ether oxygens (including phenoxy) is 1. The van der Waals surface area contributed by atoms with E-state index >= 15 is 0 Å². The van der Waals surface area contributed by atoms with Crippen LogP contribution >= 0.6 is 15.9 Å². The molecule has 0 spiro atoms. The van der Waals surface area contributed by atoms with Gasteiger partial charge in [0.25, 0.3) is 0 Å². The molecule has 130 valence electrons. The average Bonchev–Trinajstić information content (AvgIpc) is 3.11. The largest absolute Gasteiger partial charge is 0.495 e. The molecule has 3 nitrogen and oxygen atoms in total. The third-order valence-electron chi connectivity index (χ3n) is 4.48. The maximum atomic E-state index is 5.64. The summed E-state index contributed by atoms with van der Waals surface area (Å²) in [5.41, 5.74) is 3.38. The van der Waals surface area contributed by atoms with Crippen molar-refractivity contribution in [3.63, 3.8) is 0 Å². The van der Waals surface area contributed by atoms with Gasteiger partial charge >= 0.3 is 0 Å². The molecule has 26 heavy (non-hydrogen) atoms. The Bertz CT molecular complexity index is 1040. The molecular formula is C22H19BrN2O. The number of fused-ring (bicyclic) bond motifs is 1. The molecule has 0 aliphatic rings. The van der Waals surface area contributed by atoms with Crippen molar-refractivity contribution in [3.05, 3.63) is 95.1 Å². The monoisotopic (exact) mass is 406 g/mol. The molecule has 4 aromatic rings. The van der Waals surface area contributed by atoms with Gasteiger partial charge in [-0.15, -0.1) is 0 Å². The third-order valence-corrected chi connectivity index (χ3v) is 5.25. The van der Waals surface area contributed by atoms with E-state index in [2.05, 4.69) is 86.4 Å². The van der Waals surface area contributed by atoms with Crippen LogP contribution in [0.15, 0.2) is 89.5 Å². The quantitative estimate of drug-likeness (QED) is 0.411. The van der Waals surface area contributed by atoms with Crippen LogP contribution in [-0.4, -0.2) is 11.8 Å². The Hall–Kier alpha value is -2.72. The van der Waals surface area contributed by atoms with Crippen LogP contribution in [0.25, 0.3) is 10.9 Å². The molecular weight excluding hydrogens is 388 g/mol. The first-order valence-corrected chi connectivity index (χ1v) is 9.27. The van der Waals surface area contributed by atoms with Gasteiger partial charge in [0.15, 0.2) is 0 Å². The van der Waals surface area contributed by atoms with Crippen LogP contribution in [0.1, 0.15) is 5.56 Å². The molecule has 4 heteroatoms. The van der Waals surface area contributed by atoms with E-state index in [9.17, 15) is 0 Å². The van der Waals surface area contributed by atoms with E-state index in [1.165, 1.54) is 10.9 Å². The lowest BCUT2D eigenvalue weighted by molar-refractivity contribution is 0.413. The van der Waals surface area contributed by atoms with Crippen molar-refractivity contribution in [1.82, 2.24) is 4.68 Å². The lowest BCUT2D eigenvalue weighted by atomic mass is 10.2. The van der Waals surface area contributed by atoms with E-state index in [1.807, 2.05) is 24.3 Å². The SMILES string of the molecule is COc1ccccc1N(Cc1ccccc1Br)n1ccc2ccccc21. The van der Waals surface area contributed by atoms with Gasteiger partial charge in [0, 0.05) is 16.1 Å². The van der Waals surface area contributed by atoms with Gasteiger partial charge in [-0.1, -0.05) is 64.5 Å².